The molecule has 1 saturated carbocycles. The van der Waals surface area contributed by atoms with Crippen molar-refractivity contribution in [1.82, 2.24) is 4.98 Å². The van der Waals surface area contributed by atoms with E-state index in [9.17, 15) is 9.90 Å². The van der Waals surface area contributed by atoms with Gasteiger partial charge in [0.05, 0.1) is 10.8 Å². The molecule has 4 nitrogen and oxygen atoms in total. The summed E-state index contributed by atoms with van der Waals surface area (Å²) in [5.74, 6) is -1.11. The summed E-state index contributed by atoms with van der Waals surface area (Å²) in [6, 6.07) is 6.18. The van der Waals surface area contributed by atoms with Crippen LogP contribution in [0.15, 0.2) is 28.9 Å². The molecule has 0 aliphatic heterocycles. The lowest BCUT2D eigenvalue weighted by Crippen LogP contribution is -2.33. The summed E-state index contributed by atoms with van der Waals surface area (Å²) < 4.78 is 1.02. The highest BCUT2D eigenvalue weighted by molar-refractivity contribution is 9.10. The summed E-state index contributed by atoms with van der Waals surface area (Å²) in [5, 5.41) is 20.6. The Kier molecular flexibility index (Phi) is 4.58. The zero-order chi connectivity index (χ0) is 16.6. The molecular formula is C17H18BrNO3S. The van der Waals surface area contributed by atoms with Crippen LogP contribution in [0.1, 0.15) is 36.3 Å². The Morgan fingerprint density at radius 1 is 1.35 bits per heavy atom. The normalized spacial score (nSPS) is 24.6. The average Bonchev–Trinajstić information content (AvgIpc) is 2.97. The first kappa shape index (κ1) is 16.6. The molecule has 3 rings (SSSR count). The molecule has 1 aromatic carbocycles. The van der Waals surface area contributed by atoms with Gasteiger partial charge in [-0.05, 0) is 55.9 Å². The highest BCUT2D eigenvalue weighted by Crippen LogP contribution is 2.42. The van der Waals surface area contributed by atoms with Gasteiger partial charge in [-0.15, -0.1) is 11.3 Å². The number of benzene rings is 1. The van der Waals surface area contributed by atoms with Gasteiger partial charge < -0.3 is 10.2 Å². The lowest BCUT2D eigenvalue weighted by Gasteiger charge is -2.32. The molecule has 2 N–H and O–H groups in total. The number of hydrogen-bond donors (Lipinski definition) is 2. The molecule has 1 heterocycles. The van der Waals surface area contributed by atoms with Crippen LogP contribution in [0.25, 0.3) is 10.4 Å². The highest BCUT2D eigenvalue weighted by atomic mass is 79.9. The molecule has 23 heavy (non-hydrogen) atoms. The summed E-state index contributed by atoms with van der Waals surface area (Å²) in [7, 11) is 0. The third-order valence-electron chi connectivity index (χ3n) is 4.39. The van der Waals surface area contributed by atoms with Crippen molar-refractivity contribution < 1.29 is 15.0 Å². The zero-order valence-corrected chi connectivity index (χ0v) is 15.2. The number of hydrogen-bond acceptors (Lipinski definition) is 4. The van der Waals surface area contributed by atoms with Crippen LogP contribution in [-0.2, 0) is 10.4 Å². The zero-order valence-electron chi connectivity index (χ0n) is 12.8. The van der Waals surface area contributed by atoms with Crippen LogP contribution in [0, 0.1) is 12.8 Å². The quantitative estimate of drug-likeness (QED) is 0.810. The van der Waals surface area contributed by atoms with Crippen molar-refractivity contribution in [2.75, 3.05) is 0 Å². The van der Waals surface area contributed by atoms with Crippen LogP contribution in [0.4, 0.5) is 0 Å². The molecule has 0 spiro atoms. The fourth-order valence-electron chi connectivity index (χ4n) is 3.06. The molecule has 122 valence electrons. The maximum absolute atomic E-state index is 11.1. The molecule has 0 saturated heterocycles. The standard InChI is InChI=1S/C17H18BrNO3S/c1-10-6-12(8-13(18)7-10)14-9-19-16(23-14)17(22)4-2-11(3-5-17)15(20)21/h6-9,11,22H,2-5H2,1H3,(H,20,21)/t11-,17-. The number of aliphatic hydroxyl groups is 1. The van der Waals surface area contributed by atoms with E-state index in [-0.39, 0.29) is 5.92 Å². The summed E-state index contributed by atoms with van der Waals surface area (Å²) in [5.41, 5.74) is 1.24. The Hall–Kier alpha value is -1.24. The van der Waals surface area contributed by atoms with Gasteiger partial charge >= 0.3 is 5.97 Å². The molecule has 0 atom stereocenters. The van der Waals surface area contributed by atoms with Crippen molar-refractivity contribution in [3.05, 3.63) is 39.4 Å². The van der Waals surface area contributed by atoms with E-state index < -0.39 is 11.6 Å². The van der Waals surface area contributed by atoms with Crippen LogP contribution in [0.3, 0.4) is 0 Å². The lowest BCUT2D eigenvalue weighted by atomic mass is 9.79. The molecule has 0 unspecified atom stereocenters. The number of rotatable bonds is 3. The summed E-state index contributed by atoms with van der Waals surface area (Å²) in [6.45, 7) is 2.04. The summed E-state index contributed by atoms with van der Waals surface area (Å²) >= 11 is 4.99. The number of thiazole rings is 1. The van der Waals surface area contributed by atoms with Gasteiger partial charge in [-0.3, -0.25) is 4.79 Å². The first-order valence-electron chi connectivity index (χ1n) is 7.56. The maximum Gasteiger partial charge on any atom is 0.306 e. The number of halogens is 1. The Balaban J connectivity index is 1.83. The highest BCUT2D eigenvalue weighted by Gasteiger charge is 2.39. The molecule has 2 aromatic rings. The van der Waals surface area contributed by atoms with Crippen LogP contribution in [-0.4, -0.2) is 21.2 Å². The van der Waals surface area contributed by atoms with Gasteiger partial charge in [0.2, 0.25) is 0 Å². The first-order valence-corrected chi connectivity index (χ1v) is 9.17. The molecule has 1 aliphatic carbocycles. The van der Waals surface area contributed by atoms with E-state index >= 15 is 0 Å². The predicted molar refractivity (Wildman–Crippen MR) is 93.5 cm³/mol. The molecular weight excluding hydrogens is 378 g/mol. The van der Waals surface area contributed by atoms with Crippen molar-refractivity contribution >= 4 is 33.2 Å². The molecule has 1 aromatic heterocycles. The molecule has 0 amide bonds. The monoisotopic (exact) mass is 395 g/mol. The Bertz CT molecular complexity index is 715. The minimum Gasteiger partial charge on any atom is -0.481 e. The number of aliphatic carboxylic acids is 1. The van der Waals surface area contributed by atoms with Crippen LogP contribution < -0.4 is 0 Å². The van der Waals surface area contributed by atoms with E-state index in [4.69, 9.17) is 5.11 Å². The fraction of sp³-hybridized carbons (Fsp3) is 0.412. The minimum atomic E-state index is -0.990. The lowest BCUT2D eigenvalue weighted by molar-refractivity contribution is -0.145. The average molecular weight is 396 g/mol. The van der Waals surface area contributed by atoms with Crippen LogP contribution in [0.5, 0.6) is 0 Å². The van der Waals surface area contributed by atoms with Crippen LogP contribution in [0.2, 0.25) is 0 Å². The topological polar surface area (TPSA) is 70.4 Å². The van der Waals surface area contributed by atoms with Crippen molar-refractivity contribution in [2.45, 2.75) is 38.2 Å². The van der Waals surface area contributed by atoms with Gasteiger partial charge in [0, 0.05) is 10.7 Å². The third kappa shape index (κ3) is 3.49. The first-order chi connectivity index (χ1) is 10.9. The molecule has 1 fully saturated rings. The maximum atomic E-state index is 11.1. The predicted octanol–water partition coefficient (Wildman–Crippen LogP) is 4.34. The van der Waals surface area contributed by atoms with E-state index in [1.165, 1.54) is 11.3 Å². The smallest absolute Gasteiger partial charge is 0.306 e. The van der Waals surface area contributed by atoms with Crippen LogP contribution >= 0.6 is 27.3 Å². The van der Waals surface area contributed by atoms with Crippen molar-refractivity contribution in [3.8, 4) is 10.4 Å². The van der Waals surface area contributed by atoms with Gasteiger partial charge in [-0.25, -0.2) is 4.98 Å². The molecule has 0 bridgehead atoms. The number of carboxylic acids is 1. The molecule has 1 aliphatic rings. The fourth-order valence-corrected chi connectivity index (χ4v) is 4.71. The van der Waals surface area contributed by atoms with E-state index in [0.29, 0.717) is 30.7 Å². The van der Waals surface area contributed by atoms with Crippen molar-refractivity contribution in [2.24, 2.45) is 5.92 Å². The minimum absolute atomic E-state index is 0.345. The van der Waals surface area contributed by atoms with E-state index in [0.717, 1.165) is 20.5 Å². The van der Waals surface area contributed by atoms with Gasteiger partial charge in [0.25, 0.3) is 0 Å². The van der Waals surface area contributed by atoms with Gasteiger partial charge in [-0.2, -0.15) is 0 Å². The van der Waals surface area contributed by atoms with Gasteiger partial charge in [0.1, 0.15) is 10.6 Å². The SMILES string of the molecule is Cc1cc(Br)cc(-c2cnc([C@]3(O)CC[C@H](C(=O)O)CC3)s2)c1. The Labute approximate surface area is 147 Å². The number of aryl methyl sites for hydroxylation is 1. The van der Waals surface area contributed by atoms with E-state index in [2.05, 4.69) is 27.0 Å². The second-order valence-corrected chi connectivity index (χ2v) is 8.14. The van der Waals surface area contributed by atoms with Gasteiger partial charge in [0.15, 0.2) is 0 Å². The number of aromatic nitrogens is 1. The second kappa shape index (κ2) is 6.34. The third-order valence-corrected chi connectivity index (χ3v) is 6.09. The van der Waals surface area contributed by atoms with E-state index in [1.807, 2.05) is 19.1 Å². The van der Waals surface area contributed by atoms with Gasteiger partial charge in [-0.1, -0.05) is 22.0 Å². The van der Waals surface area contributed by atoms with Crippen molar-refractivity contribution in [1.29, 1.82) is 0 Å². The second-order valence-electron chi connectivity index (χ2n) is 6.19. The van der Waals surface area contributed by atoms with Crippen molar-refractivity contribution in [3.63, 3.8) is 0 Å². The number of carboxylic acid groups (broad SMARTS) is 1. The number of nitrogens with zero attached hydrogens (tertiary/aromatic N) is 1. The summed E-state index contributed by atoms with van der Waals surface area (Å²) in [6.07, 6.45) is 3.69. The number of carbonyl (C=O) groups is 1. The molecule has 6 heteroatoms. The molecule has 0 radical (unpaired) electrons. The van der Waals surface area contributed by atoms with E-state index in [1.54, 1.807) is 6.20 Å². The summed E-state index contributed by atoms with van der Waals surface area (Å²) in [4.78, 5) is 16.5. The Morgan fingerprint density at radius 2 is 2.04 bits per heavy atom. The largest absolute Gasteiger partial charge is 0.481 e. The Morgan fingerprint density at radius 3 is 2.65 bits per heavy atom.